The van der Waals surface area contributed by atoms with E-state index in [9.17, 15) is 4.79 Å². The summed E-state index contributed by atoms with van der Waals surface area (Å²) in [6.45, 7) is 1.67. The molecule has 1 unspecified atom stereocenters. The third-order valence-electron chi connectivity index (χ3n) is 4.46. The SMILES string of the molecule is Cl.O=C(CC1CSCCN1)Nc1ccc(COC2CCCC2)cc1. The average molecular weight is 371 g/mol. The van der Waals surface area contributed by atoms with Crippen LogP contribution in [-0.2, 0) is 16.1 Å². The van der Waals surface area contributed by atoms with Crippen LogP contribution in [0.2, 0.25) is 0 Å². The molecule has 4 nitrogen and oxygen atoms in total. The molecule has 2 aliphatic rings. The van der Waals surface area contributed by atoms with Crippen LogP contribution in [0, 0.1) is 0 Å². The van der Waals surface area contributed by atoms with E-state index >= 15 is 0 Å². The first kappa shape index (κ1) is 19.6. The monoisotopic (exact) mass is 370 g/mol. The zero-order valence-electron chi connectivity index (χ0n) is 14.0. The first-order chi connectivity index (χ1) is 11.3. The van der Waals surface area contributed by atoms with Gasteiger partial charge in [-0.1, -0.05) is 25.0 Å². The summed E-state index contributed by atoms with van der Waals surface area (Å²) in [5.41, 5.74) is 2.03. The second-order valence-electron chi connectivity index (χ2n) is 6.39. The molecule has 1 aromatic carbocycles. The van der Waals surface area contributed by atoms with Gasteiger partial charge in [0.2, 0.25) is 5.91 Å². The van der Waals surface area contributed by atoms with Crippen LogP contribution in [0.25, 0.3) is 0 Å². The minimum absolute atomic E-state index is 0. The van der Waals surface area contributed by atoms with Crippen molar-refractivity contribution in [2.45, 2.75) is 50.9 Å². The number of halogens is 1. The number of anilines is 1. The Bertz CT molecular complexity index is 500. The van der Waals surface area contributed by atoms with E-state index in [1.165, 1.54) is 31.2 Å². The molecule has 3 rings (SSSR count). The van der Waals surface area contributed by atoms with Crippen molar-refractivity contribution in [1.29, 1.82) is 0 Å². The summed E-state index contributed by atoms with van der Waals surface area (Å²) in [4.78, 5) is 12.1. The van der Waals surface area contributed by atoms with Gasteiger partial charge in [-0.05, 0) is 30.5 Å². The minimum atomic E-state index is 0. The van der Waals surface area contributed by atoms with Gasteiger partial charge in [0.1, 0.15) is 0 Å². The smallest absolute Gasteiger partial charge is 0.225 e. The van der Waals surface area contributed by atoms with Crippen molar-refractivity contribution in [3.63, 3.8) is 0 Å². The summed E-state index contributed by atoms with van der Waals surface area (Å²) >= 11 is 1.91. The Morgan fingerprint density at radius 1 is 1.25 bits per heavy atom. The minimum Gasteiger partial charge on any atom is -0.374 e. The highest BCUT2D eigenvalue weighted by atomic mass is 35.5. The molecule has 0 aromatic heterocycles. The zero-order valence-corrected chi connectivity index (χ0v) is 15.6. The molecule has 1 heterocycles. The van der Waals surface area contributed by atoms with Gasteiger partial charge in [0.05, 0.1) is 12.7 Å². The number of carbonyl (C=O) groups excluding carboxylic acids is 1. The molecular formula is C18H27ClN2O2S. The molecule has 2 fully saturated rings. The summed E-state index contributed by atoms with van der Waals surface area (Å²) in [6, 6.07) is 8.31. The van der Waals surface area contributed by atoms with Crippen molar-refractivity contribution in [3.05, 3.63) is 29.8 Å². The van der Waals surface area contributed by atoms with Crippen LogP contribution in [0.3, 0.4) is 0 Å². The molecule has 1 aliphatic heterocycles. The van der Waals surface area contributed by atoms with Gasteiger partial charge >= 0.3 is 0 Å². The Balaban J connectivity index is 0.00000208. The van der Waals surface area contributed by atoms with Crippen LogP contribution in [-0.4, -0.2) is 36.1 Å². The summed E-state index contributed by atoms with van der Waals surface area (Å²) in [6.07, 6.45) is 5.96. The fourth-order valence-corrected chi connectivity index (χ4v) is 4.09. The molecule has 1 aromatic rings. The molecular weight excluding hydrogens is 344 g/mol. The van der Waals surface area contributed by atoms with Crippen molar-refractivity contribution in [3.8, 4) is 0 Å². The number of amides is 1. The highest BCUT2D eigenvalue weighted by Crippen LogP contribution is 2.22. The standard InChI is InChI=1S/C18H26N2O2S.ClH/c21-18(11-16-13-23-10-9-19-16)20-15-7-5-14(6-8-15)12-22-17-3-1-2-4-17;/h5-8,16-17,19H,1-4,9-13H2,(H,20,21);1H. The third-order valence-corrected chi connectivity index (χ3v) is 5.59. The van der Waals surface area contributed by atoms with Crippen LogP contribution in [0.15, 0.2) is 24.3 Å². The molecule has 1 amide bonds. The molecule has 1 atom stereocenters. The van der Waals surface area contributed by atoms with Crippen molar-refractivity contribution >= 4 is 35.8 Å². The largest absolute Gasteiger partial charge is 0.374 e. The molecule has 1 saturated heterocycles. The molecule has 6 heteroatoms. The highest BCUT2D eigenvalue weighted by molar-refractivity contribution is 7.99. The van der Waals surface area contributed by atoms with E-state index < -0.39 is 0 Å². The van der Waals surface area contributed by atoms with Crippen LogP contribution in [0.1, 0.15) is 37.7 Å². The lowest BCUT2D eigenvalue weighted by molar-refractivity contribution is -0.116. The predicted octanol–water partition coefficient (Wildman–Crippen LogP) is 3.60. The van der Waals surface area contributed by atoms with Crippen LogP contribution in [0.5, 0.6) is 0 Å². The van der Waals surface area contributed by atoms with E-state index in [2.05, 4.69) is 10.6 Å². The quantitative estimate of drug-likeness (QED) is 0.803. The number of hydrogen-bond acceptors (Lipinski definition) is 4. The molecule has 1 saturated carbocycles. The Morgan fingerprint density at radius 3 is 2.67 bits per heavy atom. The Morgan fingerprint density at radius 2 is 2.00 bits per heavy atom. The Hall–Kier alpha value is -0.750. The van der Waals surface area contributed by atoms with Gasteiger partial charge in [-0.15, -0.1) is 12.4 Å². The first-order valence-electron chi connectivity index (χ1n) is 8.61. The fraction of sp³-hybridized carbons (Fsp3) is 0.611. The van der Waals surface area contributed by atoms with Crippen molar-refractivity contribution < 1.29 is 9.53 Å². The second kappa shape index (κ2) is 10.3. The maximum atomic E-state index is 12.1. The lowest BCUT2D eigenvalue weighted by Gasteiger charge is -2.22. The summed E-state index contributed by atoms with van der Waals surface area (Å²) in [5, 5.41) is 6.37. The lowest BCUT2D eigenvalue weighted by Crippen LogP contribution is -2.39. The van der Waals surface area contributed by atoms with E-state index in [-0.39, 0.29) is 18.3 Å². The third kappa shape index (κ3) is 6.28. The lowest BCUT2D eigenvalue weighted by atomic mass is 10.2. The van der Waals surface area contributed by atoms with E-state index in [0.717, 1.165) is 23.7 Å². The number of thioether (sulfide) groups is 1. The summed E-state index contributed by atoms with van der Waals surface area (Å²) in [7, 11) is 0. The first-order valence-corrected chi connectivity index (χ1v) is 9.76. The van der Waals surface area contributed by atoms with Gasteiger partial charge in [0, 0.05) is 36.2 Å². The topological polar surface area (TPSA) is 50.4 Å². The number of hydrogen-bond donors (Lipinski definition) is 2. The van der Waals surface area contributed by atoms with Gasteiger partial charge in [-0.2, -0.15) is 11.8 Å². The zero-order chi connectivity index (χ0) is 15.9. The molecule has 24 heavy (non-hydrogen) atoms. The van der Waals surface area contributed by atoms with E-state index in [4.69, 9.17) is 4.74 Å². The molecule has 134 valence electrons. The number of benzene rings is 1. The number of rotatable bonds is 6. The van der Waals surface area contributed by atoms with Gasteiger partial charge in [-0.3, -0.25) is 4.79 Å². The number of nitrogens with one attached hydrogen (secondary N) is 2. The normalized spacial score (nSPS) is 21.2. The Labute approximate surface area is 154 Å². The molecule has 0 bridgehead atoms. The van der Waals surface area contributed by atoms with Crippen LogP contribution < -0.4 is 10.6 Å². The maximum Gasteiger partial charge on any atom is 0.225 e. The van der Waals surface area contributed by atoms with Crippen molar-refractivity contribution in [2.24, 2.45) is 0 Å². The van der Waals surface area contributed by atoms with Gasteiger partial charge < -0.3 is 15.4 Å². The summed E-state index contributed by atoms with van der Waals surface area (Å²) < 4.78 is 5.91. The second-order valence-corrected chi connectivity index (χ2v) is 7.54. The number of ether oxygens (including phenoxy) is 1. The van der Waals surface area contributed by atoms with Gasteiger partial charge in [-0.25, -0.2) is 0 Å². The highest BCUT2D eigenvalue weighted by Gasteiger charge is 2.17. The van der Waals surface area contributed by atoms with E-state index in [1.807, 2.05) is 36.0 Å². The molecule has 0 spiro atoms. The van der Waals surface area contributed by atoms with Gasteiger partial charge in [0.15, 0.2) is 0 Å². The number of carbonyl (C=O) groups is 1. The van der Waals surface area contributed by atoms with Crippen molar-refractivity contribution in [2.75, 3.05) is 23.4 Å². The van der Waals surface area contributed by atoms with E-state index in [1.54, 1.807) is 0 Å². The summed E-state index contributed by atoms with van der Waals surface area (Å²) in [5.74, 6) is 2.24. The molecule has 1 aliphatic carbocycles. The average Bonchev–Trinajstić information content (AvgIpc) is 3.08. The molecule has 2 N–H and O–H groups in total. The van der Waals surface area contributed by atoms with Gasteiger partial charge in [0.25, 0.3) is 0 Å². The fourth-order valence-electron chi connectivity index (χ4n) is 3.14. The predicted molar refractivity (Wildman–Crippen MR) is 103 cm³/mol. The van der Waals surface area contributed by atoms with E-state index in [0.29, 0.717) is 25.2 Å². The molecule has 0 radical (unpaired) electrons. The Kier molecular flexibility index (Phi) is 8.39. The van der Waals surface area contributed by atoms with Crippen molar-refractivity contribution in [1.82, 2.24) is 5.32 Å². The maximum absolute atomic E-state index is 12.1. The van der Waals surface area contributed by atoms with Crippen LogP contribution >= 0.6 is 24.2 Å². The van der Waals surface area contributed by atoms with Crippen LogP contribution in [0.4, 0.5) is 5.69 Å².